The lowest BCUT2D eigenvalue weighted by atomic mass is 9.86. The van der Waals surface area contributed by atoms with E-state index >= 15 is 0 Å². The molecular formula is C34H51N7O6. The van der Waals surface area contributed by atoms with Gasteiger partial charge in [-0.15, -0.1) is 0 Å². The summed E-state index contributed by atoms with van der Waals surface area (Å²) in [6.45, 7) is 12.3. The van der Waals surface area contributed by atoms with Crippen LogP contribution in [0.4, 0.5) is 9.59 Å². The molecule has 1 saturated heterocycles. The maximum atomic E-state index is 14.0. The molecule has 2 heterocycles. The minimum Gasteiger partial charge on any atom is -0.453 e. The van der Waals surface area contributed by atoms with Crippen LogP contribution in [0.5, 0.6) is 0 Å². The third-order valence-corrected chi connectivity index (χ3v) is 8.40. The first-order valence-electron chi connectivity index (χ1n) is 16.1. The molecule has 0 bridgehead atoms. The van der Waals surface area contributed by atoms with E-state index in [9.17, 15) is 24.3 Å². The summed E-state index contributed by atoms with van der Waals surface area (Å²) in [5.41, 5.74) is 7.22. The van der Waals surface area contributed by atoms with Crippen LogP contribution in [0.1, 0.15) is 58.0 Å². The van der Waals surface area contributed by atoms with E-state index in [1.807, 2.05) is 69.3 Å². The zero-order valence-electron chi connectivity index (χ0n) is 28.6. The first kappa shape index (κ1) is 37.2. The maximum Gasteiger partial charge on any atom is 0.407 e. The number of aliphatic hydroxyl groups is 1. The Kier molecular flexibility index (Phi) is 13.5. The summed E-state index contributed by atoms with van der Waals surface area (Å²) in [6.07, 6.45) is -0.899. The number of pyridine rings is 1. The summed E-state index contributed by atoms with van der Waals surface area (Å²) in [5.74, 6) is -1.03. The average Bonchev–Trinajstić information content (AvgIpc) is 3.37. The Hall–Kier alpha value is -4.23. The Labute approximate surface area is 277 Å². The first-order chi connectivity index (χ1) is 22.2. The molecule has 0 saturated carbocycles. The molecule has 47 heavy (non-hydrogen) atoms. The number of aromatic nitrogens is 1. The van der Waals surface area contributed by atoms with E-state index in [1.165, 1.54) is 7.11 Å². The number of urea groups is 1. The number of rotatable bonds is 15. The van der Waals surface area contributed by atoms with Crippen molar-refractivity contribution in [3.05, 3.63) is 65.5 Å². The minimum absolute atomic E-state index is 0.105. The molecule has 5 N–H and O–H groups in total. The van der Waals surface area contributed by atoms with Crippen LogP contribution in [0.25, 0.3) is 0 Å². The maximum absolute atomic E-state index is 14.0. The number of carbonyl (C=O) groups is 4. The summed E-state index contributed by atoms with van der Waals surface area (Å²) in [4.78, 5) is 60.2. The fourth-order valence-corrected chi connectivity index (χ4v) is 5.55. The Morgan fingerprint density at radius 3 is 2.34 bits per heavy atom. The van der Waals surface area contributed by atoms with Crippen LogP contribution in [-0.2, 0) is 27.3 Å². The third-order valence-electron chi connectivity index (χ3n) is 8.40. The summed E-state index contributed by atoms with van der Waals surface area (Å²) in [7, 11) is 1.22. The van der Waals surface area contributed by atoms with Crippen molar-refractivity contribution in [2.45, 2.75) is 85.2 Å². The molecule has 1 aliphatic heterocycles. The molecule has 0 aliphatic carbocycles. The molecule has 3 rings (SSSR count). The summed E-state index contributed by atoms with van der Waals surface area (Å²) >= 11 is 0. The largest absolute Gasteiger partial charge is 0.453 e. The van der Waals surface area contributed by atoms with Crippen molar-refractivity contribution in [1.29, 1.82) is 0 Å². The number of ether oxygens (including phenoxy) is 1. The van der Waals surface area contributed by atoms with Crippen LogP contribution in [0.2, 0.25) is 0 Å². The molecule has 258 valence electrons. The predicted octanol–water partition coefficient (Wildman–Crippen LogP) is 2.52. The average molecular weight is 654 g/mol. The van der Waals surface area contributed by atoms with Gasteiger partial charge in [0.05, 0.1) is 31.5 Å². The summed E-state index contributed by atoms with van der Waals surface area (Å²) in [5, 5.41) is 16.9. The molecule has 1 aliphatic rings. The minimum atomic E-state index is -1.13. The monoisotopic (exact) mass is 653 g/mol. The molecule has 5 amide bonds. The number of aliphatic hydroxyl groups excluding tert-OH is 1. The topological polar surface area (TPSA) is 165 Å². The van der Waals surface area contributed by atoms with Crippen molar-refractivity contribution in [3.8, 4) is 0 Å². The SMILES string of the molecule is CCC(C)C(C(=O)NC(Cc1ccccc1)C(O)CNNC(=O)C(NC(=O)OC)C(C)(C)C)N1CCN(Cc2cccc(C)n2)C1=O. The highest BCUT2D eigenvalue weighted by molar-refractivity contribution is 5.88. The molecule has 0 spiro atoms. The summed E-state index contributed by atoms with van der Waals surface area (Å²) in [6, 6.07) is 12.5. The number of nitrogens with zero attached hydrogens (tertiary/aromatic N) is 3. The number of amides is 5. The third kappa shape index (κ3) is 10.6. The second kappa shape index (κ2) is 17.1. The standard InChI is InChI=1S/C34H51N7O6/c1-8-22(2)28(41-18-17-40(33(41)46)21-25-16-12-13-23(3)36-25)30(43)37-26(19-24-14-10-9-11-15-24)27(42)20-35-39-31(44)29(34(4,5)6)38-32(45)47-7/h9-16,22,26-29,35,42H,8,17-21H2,1-7H3,(H,37,43)(H,38,45)(H,39,44). The van der Waals surface area contributed by atoms with Crippen molar-refractivity contribution < 1.29 is 29.0 Å². The fourth-order valence-electron chi connectivity index (χ4n) is 5.55. The van der Waals surface area contributed by atoms with Gasteiger partial charge in [0.15, 0.2) is 0 Å². The molecule has 13 heteroatoms. The normalized spacial score (nSPS) is 16.6. The molecule has 5 atom stereocenters. The highest BCUT2D eigenvalue weighted by Crippen LogP contribution is 2.23. The van der Waals surface area contributed by atoms with Gasteiger partial charge < -0.3 is 30.3 Å². The van der Waals surface area contributed by atoms with Gasteiger partial charge in [0.1, 0.15) is 12.1 Å². The highest BCUT2D eigenvalue weighted by Gasteiger charge is 2.41. The highest BCUT2D eigenvalue weighted by atomic mass is 16.5. The van der Waals surface area contributed by atoms with E-state index in [1.54, 1.807) is 30.6 Å². The van der Waals surface area contributed by atoms with Gasteiger partial charge in [-0.3, -0.25) is 20.0 Å². The Morgan fingerprint density at radius 1 is 1.02 bits per heavy atom. The van der Waals surface area contributed by atoms with Crippen LogP contribution < -0.4 is 21.5 Å². The van der Waals surface area contributed by atoms with E-state index in [4.69, 9.17) is 0 Å². The van der Waals surface area contributed by atoms with Gasteiger partial charge in [0, 0.05) is 25.3 Å². The van der Waals surface area contributed by atoms with Crippen molar-refractivity contribution >= 4 is 23.9 Å². The van der Waals surface area contributed by atoms with Crippen molar-refractivity contribution in [3.63, 3.8) is 0 Å². The van der Waals surface area contributed by atoms with E-state index in [2.05, 4.69) is 31.2 Å². The number of hydrogen-bond acceptors (Lipinski definition) is 8. The molecule has 0 radical (unpaired) electrons. The van der Waals surface area contributed by atoms with E-state index in [0.29, 0.717) is 32.5 Å². The lowest BCUT2D eigenvalue weighted by Gasteiger charge is -2.34. The van der Waals surface area contributed by atoms with Crippen molar-refractivity contribution in [2.75, 3.05) is 26.7 Å². The van der Waals surface area contributed by atoms with Crippen LogP contribution in [0.3, 0.4) is 0 Å². The molecular weight excluding hydrogens is 602 g/mol. The molecule has 1 aromatic heterocycles. The number of carbonyl (C=O) groups excluding carboxylic acids is 4. The molecule has 2 aromatic rings. The molecule has 1 aromatic carbocycles. The van der Waals surface area contributed by atoms with Gasteiger partial charge in [0.2, 0.25) is 5.91 Å². The number of hydrogen-bond donors (Lipinski definition) is 5. The Bertz CT molecular complexity index is 1350. The van der Waals surface area contributed by atoms with E-state index < -0.39 is 41.6 Å². The van der Waals surface area contributed by atoms with Gasteiger partial charge in [0.25, 0.3) is 5.91 Å². The molecule has 5 unspecified atom stereocenters. The molecule has 13 nitrogen and oxygen atoms in total. The number of benzene rings is 1. The number of aryl methyl sites for hydroxylation is 1. The van der Waals surface area contributed by atoms with Gasteiger partial charge in [-0.05, 0) is 42.4 Å². The summed E-state index contributed by atoms with van der Waals surface area (Å²) < 4.78 is 4.66. The van der Waals surface area contributed by atoms with Crippen LogP contribution in [-0.4, -0.2) is 94.8 Å². The zero-order chi connectivity index (χ0) is 34.7. The lowest BCUT2D eigenvalue weighted by molar-refractivity contribution is -0.129. The molecule has 1 fully saturated rings. The van der Waals surface area contributed by atoms with Gasteiger partial charge in [-0.2, -0.15) is 0 Å². The number of hydrazine groups is 1. The Balaban J connectivity index is 1.73. The van der Waals surface area contributed by atoms with E-state index in [0.717, 1.165) is 17.0 Å². The quantitative estimate of drug-likeness (QED) is 0.183. The predicted molar refractivity (Wildman–Crippen MR) is 178 cm³/mol. The van der Waals surface area contributed by atoms with Crippen LogP contribution >= 0.6 is 0 Å². The number of nitrogens with one attached hydrogen (secondary N) is 4. The zero-order valence-corrected chi connectivity index (χ0v) is 28.6. The van der Waals surface area contributed by atoms with Crippen molar-refractivity contribution in [1.82, 2.24) is 36.3 Å². The van der Waals surface area contributed by atoms with Gasteiger partial charge in [-0.25, -0.2) is 15.0 Å². The second-order valence-electron chi connectivity index (χ2n) is 13.2. The van der Waals surface area contributed by atoms with E-state index in [-0.39, 0.29) is 24.4 Å². The van der Waals surface area contributed by atoms with Crippen LogP contribution in [0, 0.1) is 18.3 Å². The van der Waals surface area contributed by atoms with Crippen LogP contribution in [0.15, 0.2) is 48.5 Å². The number of methoxy groups -OCH3 is 1. The lowest BCUT2D eigenvalue weighted by Crippen LogP contribution is -2.59. The van der Waals surface area contributed by atoms with Gasteiger partial charge >= 0.3 is 12.1 Å². The second-order valence-corrected chi connectivity index (χ2v) is 13.2. The Morgan fingerprint density at radius 2 is 1.72 bits per heavy atom. The fraction of sp³-hybridized carbons (Fsp3) is 0.559. The number of alkyl carbamates (subject to hydrolysis) is 1. The first-order valence-corrected chi connectivity index (χ1v) is 16.1. The van der Waals surface area contributed by atoms with Crippen molar-refractivity contribution in [2.24, 2.45) is 11.3 Å². The smallest absolute Gasteiger partial charge is 0.407 e. The van der Waals surface area contributed by atoms with Gasteiger partial charge in [-0.1, -0.05) is 77.4 Å².